The molecule has 4 aromatic rings. The van der Waals surface area contributed by atoms with Crippen LogP contribution in [-0.2, 0) is 10.5 Å². The normalized spacial score (nSPS) is 21.0. The Kier molecular flexibility index (Phi) is 5.96. The zero-order valence-corrected chi connectivity index (χ0v) is 20.0. The van der Waals surface area contributed by atoms with E-state index in [9.17, 15) is 9.90 Å². The molecular weight excluding hydrogens is 464 g/mol. The topological polar surface area (TPSA) is 88.4 Å². The van der Waals surface area contributed by atoms with E-state index in [2.05, 4.69) is 15.7 Å². The number of hydrogen-bond acceptors (Lipinski definition) is 5. The number of rotatable bonds is 5. The highest BCUT2D eigenvalue weighted by atomic mass is 35.5. The fourth-order valence-electron chi connectivity index (χ4n) is 4.64. The lowest BCUT2D eigenvalue weighted by molar-refractivity contribution is -0.143. The molecule has 0 spiro atoms. The number of aromatic nitrogens is 2. The molecule has 35 heavy (non-hydrogen) atoms. The minimum Gasteiger partial charge on any atom is -0.495 e. The summed E-state index contributed by atoms with van der Waals surface area (Å²) in [7, 11) is 1.54. The highest BCUT2D eigenvalue weighted by Gasteiger charge is 2.50. The number of ether oxygens (including phenoxy) is 1. The van der Waals surface area contributed by atoms with E-state index in [1.54, 1.807) is 44.5 Å². The van der Waals surface area contributed by atoms with Crippen molar-refractivity contribution in [1.29, 1.82) is 0 Å². The third-order valence-corrected chi connectivity index (χ3v) is 6.63. The largest absolute Gasteiger partial charge is 0.495 e. The van der Waals surface area contributed by atoms with Crippen molar-refractivity contribution in [3.05, 3.63) is 95.6 Å². The summed E-state index contributed by atoms with van der Waals surface area (Å²) in [4.78, 5) is 13.8. The van der Waals surface area contributed by atoms with Gasteiger partial charge >= 0.3 is 0 Å². The van der Waals surface area contributed by atoms with Crippen molar-refractivity contribution in [2.24, 2.45) is 5.92 Å². The number of nitrogens with one attached hydrogen (secondary N) is 2. The lowest BCUT2D eigenvalue weighted by Crippen LogP contribution is -2.53. The molecule has 0 radical (unpaired) electrons. The minimum atomic E-state index is -1.65. The van der Waals surface area contributed by atoms with E-state index in [-0.39, 0.29) is 5.91 Å². The van der Waals surface area contributed by atoms with Crippen molar-refractivity contribution in [3.8, 4) is 16.9 Å². The van der Waals surface area contributed by atoms with Gasteiger partial charge in [0.25, 0.3) is 0 Å². The summed E-state index contributed by atoms with van der Waals surface area (Å²) < 4.78 is 6.87. The Morgan fingerprint density at radius 3 is 2.49 bits per heavy atom. The van der Waals surface area contributed by atoms with Crippen molar-refractivity contribution in [2.45, 2.75) is 18.7 Å². The Balaban J connectivity index is 1.61. The smallest absolute Gasteiger partial charge is 0.234 e. The predicted molar refractivity (Wildman–Crippen MR) is 136 cm³/mol. The van der Waals surface area contributed by atoms with Crippen LogP contribution in [-0.4, -0.2) is 27.9 Å². The predicted octanol–water partition coefficient (Wildman–Crippen LogP) is 5.30. The van der Waals surface area contributed by atoms with Crippen LogP contribution in [0.15, 0.2) is 85.1 Å². The number of nitrogens with zero attached hydrogens (tertiary/aromatic N) is 2. The second-order valence-electron chi connectivity index (χ2n) is 8.62. The fourth-order valence-corrected chi connectivity index (χ4v) is 4.77. The summed E-state index contributed by atoms with van der Waals surface area (Å²) in [5.41, 5.74) is 1.45. The molecule has 0 saturated heterocycles. The summed E-state index contributed by atoms with van der Waals surface area (Å²) in [5, 5.41) is 23.3. The van der Waals surface area contributed by atoms with Crippen molar-refractivity contribution in [2.75, 3.05) is 17.7 Å². The highest BCUT2D eigenvalue weighted by Crippen LogP contribution is 2.46. The monoisotopic (exact) mass is 488 g/mol. The van der Waals surface area contributed by atoms with Crippen LogP contribution in [0.5, 0.6) is 5.75 Å². The first-order chi connectivity index (χ1) is 16.9. The van der Waals surface area contributed by atoms with Crippen LogP contribution in [0.1, 0.15) is 18.5 Å². The van der Waals surface area contributed by atoms with Gasteiger partial charge in [-0.25, -0.2) is 4.68 Å². The van der Waals surface area contributed by atoms with E-state index in [1.165, 1.54) is 4.68 Å². The molecule has 2 heterocycles. The molecule has 1 amide bonds. The number of fused-ring (bicyclic) bond motifs is 1. The van der Waals surface area contributed by atoms with Gasteiger partial charge in [0.1, 0.15) is 17.5 Å². The maximum Gasteiger partial charge on any atom is 0.234 e. The fraction of sp³-hybridized carbons (Fsp3) is 0.185. The average molecular weight is 489 g/mol. The second kappa shape index (κ2) is 9.09. The van der Waals surface area contributed by atoms with Crippen molar-refractivity contribution < 1.29 is 14.6 Å². The molecule has 178 valence electrons. The van der Waals surface area contributed by atoms with Gasteiger partial charge in [-0.3, -0.25) is 4.79 Å². The quantitative estimate of drug-likeness (QED) is 0.355. The van der Waals surface area contributed by atoms with E-state index >= 15 is 0 Å². The Hall–Kier alpha value is -3.81. The molecule has 7 nitrogen and oxygen atoms in total. The summed E-state index contributed by atoms with van der Waals surface area (Å²) in [6, 6.07) is 23.6. The van der Waals surface area contributed by atoms with Gasteiger partial charge in [-0.05, 0) is 42.3 Å². The molecule has 0 saturated carbocycles. The number of aliphatic hydroxyl groups is 1. The summed E-state index contributed by atoms with van der Waals surface area (Å²) in [6.07, 6.45) is 1.70. The van der Waals surface area contributed by atoms with Crippen LogP contribution in [0.4, 0.5) is 11.5 Å². The zero-order chi connectivity index (χ0) is 24.6. The minimum absolute atomic E-state index is 0.380. The molecule has 3 unspecified atom stereocenters. The molecule has 3 atom stereocenters. The molecule has 5 rings (SSSR count). The molecule has 0 aliphatic carbocycles. The third-order valence-electron chi connectivity index (χ3n) is 6.37. The van der Waals surface area contributed by atoms with Gasteiger partial charge in [-0.1, -0.05) is 66.2 Å². The van der Waals surface area contributed by atoms with E-state index in [1.807, 2.05) is 54.6 Å². The molecular formula is C27H25ClN4O3. The van der Waals surface area contributed by atoms with Crippen molar-refractivity contribution >= 4 is 29.0 Å². The van der Waals surface area contributed by atoms with Gasteiger partial charge < -0.3 is 20.5 Å². The average Bonchev–Trinajstić information content (AvgIpc) is 3.30. The second-order valence-corrected chi connectivity index (χ2v) is 9.06. The van der Waals surface area contributed by atoms with Crippen molar-refractivity contribution in [3.63, 3.8) is 0 Å². The Morgan fingerprint density at radius 2 is 1.77 bits per heavy atom. The number of anilines is 2. The number of benzene rings is 3. The Morgan fingerprint density at radius 1 is 1.09 bits per heavy atom. The molecule has 1 aliphatic heterocycles. The molecule has 0 fully saturated rings. The number of para-hydroxylation sites is 2. The van der Waals surface area contributed by atoms with Crippen LogP contribution in [0, 0.1) is 5.92 Å². The maximum absolute atomic E-state index is 13.8. The van der Waals surface area contributed by atoms with E-state index in [0.717, 1.165) is 16.7 Å². The third kappa shape index (κ3) is 4.13. The SMILES string of the molecule is COc1ccccc1NC(=O)C1C(c2ccc(Cl)cc2)Nc2c(-c3ccccc3)cnn2C1(C)O. The number of carbonyl (C=O) groups excluding carboxylic acids is 1. The van der Waals surface area contributed by atoms with Gasteiger partial charge in [0, 0.05) is 10.6 Å². The number of halogens is 1. The molecule has 8 heteroatoms. The first-order valence-electron chi connectivity index (χ1n) is 11.2. The molecule has 0 bridgehead atoms. The van der Waals surface area contributed by atoms with Gasteiger partial charge in [0.05, 0.1) is 25.0 Å². The van der Waals surface area contributed by atoms with Crippen LogP contribution in [0.2, 0.25) is 5.02 Å². The Labute approximate surface area is 208 Å². The lowest BCUT2D eigenvalue weighted by atomic mass is 9.82. The number of methoxy groups -OCH3 is 1. The summed E-state index contributed by atoms with van der Waals surface area (Å²) in [6.45, 7) is 1.61. The van der Waals surface area contributed by atoms with Gasteiger partial charge in [-0.15, -0.1) is 0 Å². The number of carbonyl (C=O) groups is 1. The molecule has 3 N–H and O–H groups in total. The highest BCUT2D eigenvalue weighted by molar-refractivity contribution is 6.30. The van der Waals surface area contributed by atoms with E-state index in [4.69, 9.17) is 16.3 Å². The summed E-state index contributed by atoms with van der Waals surface area (Å²) >= 11 is 6.14. The molecule has 3 aromatic carbocycles. The van der Waals surface area contributed by atoms with Gasteiger partial charge in [0.15, 0.2) is 5.72 Å². The molecule has 1 aromatic heterocycles. The van der Waals surface area contributed by atoms with Crippen molar-refractivity contribution in [1.82, 2.24) is 9.78 Å². The lowest BCUT2D eigenvalue weighted by Gasteiger charge is -2.43. The van der Waals surface area contributed by atoms with E-state index < -0.39 is 17.7 Å². The standard InChI is InChI=1S/C27H25ClN4O3/c1-27(34)23(26(33)30-21-10-6-7-11-22(21)35-2)24(18-12-14-19(28)15-13-18)31-25-20(16-29-32(25)27)17-8-4-3-5-9-17/h3-16,23-24,31,34H,1-2H3,(H,30,33). The first kappa shape index (κ1) is 23.0. The van der Waals surface area contributed by atoms with Gasteiger partial charge in [0.2, 0.25) is 5.91 Å². The van der Waals surface area contributed by atoms with Crippen LogP contribution < -0.4 is 15.4 Å². The van der Waals surface area contributed by atoms with E-state index in [0.29, 0.717) is 22.3 Å². The number of amides is 1. The first-order valence-corrected chi connectivity index (χ1v) is 11.6. The molecule has 1 aliphatic rings. The number of hydrogen-bond donors (Lipinski definition) is 3. The van der Waals surface area contributed by atoms with Gasteiger partial charge in [-0.2, -0.15) is 5.10 Å². The Bertz CT molecular complexity index is 1350. The zero-order valence-electron chi connectivity index (χ0n) is 19.3. The summed E-state index contributed by atoms with van der Waals surface area (Å²) in [5.74, 6) is -0.167. The van der Waals surface area contributed by atoms with Crippen LogP contribution in [0.3, 0.4) is 0 Å². The maximum atomic E-state index is 13.8. The van der Waals surface area contributed by atoms with Crippen LogP contribution >= 0.6 is 11.6 Å². The van der Waals surface area contributed by atoms with Crippen LogP contribution in [0.25, 0.3) is 11.1 Å².